The summed E-state index contributed by atoms with van der Waals surface area (Å²) in [5.74, 6) is 2.43. The smallest absolute Gasteiger partial charge is 0.185 e. The minimum absolute atomic E-state index is 0.0437. The van der Waals surface area contributed by atoms with Crippen molar-refractivity contribution in [2.24, 2.45) is 46.0 Å². The summed E-state index contributed by atoms with van der Waals surface area (Å²) in [6, 6.07) is 4.09. The van der Waals surface area contributed by atoms with Crippen LogP contribution in [0.1, 0.15) is 102 Å². The Kier molecular flexibility index (Phi) is 13.4. The summed E-state index contributed by atoms with van der Waals surface area (Å²) < 4.78 is 12.4. The van der Waals surface area contributed by atoms with Gasteiger partial charge in [0.2, 0.25) is 0 Å². The fraction of sp³-hybridized carbons (Fsp3) is 0.676. The van der Waals surface area contributed by atoms with Crippen molar-refractivity contribution in [1.82, 2.24) is 0 Å². The van der Waals surface area contributed by atoms with E-state index in [-0.39, 0.29) is 53.9 Å². The van der Waals surface area contributed by atoms with E-state index in [1.807, 2.05) is 12.1 Å². The molecular formula is C37H57N3O5. The first-order valence-electron chi connectivity index (χ1n) is 17.3. The van der Waals surface area contributed by atoms with Crippen LogP contribution in [0.4, 0.5) is 0 Å². The number of ketones is 1. The topological polar surface area (TPSA) is 140 Å². The number of aliphatic hydroxyl groups is 1. The fourth-order valence-electron chi connectivity index (χ4n) is 7.92. The lowest BCUT2D eigenvalue weighted by molar-refractivity contribution is -0.114. The van der Waals surface area contributed by atoms with Gasteiger partial charge in [0.15, 0.2) is 23.2 Å². The number of benzene rings is 1. The fourth-order valence-corrected chi connectivity index (χ4v) is 7.92. The highest BCUT2D eigenvalue weighted by atomic mass is 16.5. The molecule has 250 valence electrons. The van der Waals surface area contributed by atoms with Gasteiger partial charge in [-0.25, -0.2) is 0 Å². The number of allylic oxidation sites excluding steroid dienone is 4. The predicted molar refractivity (Wildman–Crippen MR) is 180 cm³/mol. The number of hydrogen-bond donors (Lipinski definition) is 4. The van der Waals surface area contributed by atoms with E-state index in [9.17, 15) is 15.0 Å². The molecule has 1 aromatic carbocycles. The van der Waals surface area contributed by atoms with Gasteiger partial charge in [0.05, 0.1) is 12.7 Å². The quantitative estimate of drug-likeness (QED) is 0.0746. The first-order chi connectivity index (χ1) is 21.7. The number of ether oxygens (including phenoxy) is 2. The van der Waals surface area contributed by atoms with Crippen molar-refractivity contribution in [3.63, 3.8) is 0 Å². The molecule has 1 aromatic rings. The number of aliphatic hydroxyl groups excluding tert-OH is 1. The maximum atomic E-state index is 12.9. The SMILES string of the molecule is CC[C@H](C=CC(=O)CCc1cc(OC2CCCC2)c(O)c([C@H]2[C@@H](COC)[C@H](CCN=C(N)N)C=C3CC[C@@H](C)C[C@@H]32)c1)CCO. The number of carbonyl (C=O) groups excluding carboxylic acids is 1. The molecule has 0 aliphatic heterocycles. The number of rotatable bonds is 16. The van der Waals surface area contributed by atoms with Crippen LogP contribution in [0.2, 0.25) is 0 Å². The summed E-state index contributed by atoms with van der Waals surface area (Å²) in [7, 11) is 1.75. The third kappa shape index (κ3) is 9.58. The Hall–Kier alpha value is -2.84. The lowest BCUT2D eigenvalue weighted by Gasteiger charge is -2.46. The van der Waals surface area contributed by atoms with Crippen LogP contribution in [0, 0.1) is 29.6 Å². The molecule has 2 saturated carbocycles. The van der Waals surface area contributed by atoms with E-state index in [0.717, 1.165) is 62.5 Å². The van der Waals surface area contributed by atoms with Crippen molar-refractivity contribution in [3.8, 4) is 11.5 Å². The third-order valence-electron chi connectivity index (χ3n) is 10.4. The second-order valence-electron chi connectivity index (χ2n) is 13.7. The van der Waals surface area contributed by atoms with E-state index in [1.165, 1.54) is 12.0 Å². The van der Waals surface area contributed by atoms with Gasteiger partial charge in [0.1, 0.15) is 0 Å². The molecule has 0 bridgehead atoms. The largest absolute Gasteiger partial charge is 0.504 e. The van der Waals surface area contributed by atoms with E-state index in [2.05, 4.69) is 31.0 Å². The maximum Gasteiger partial charge on any atom is 0.185 e. The number of methoxy groups -OCH3 is 1. The number of aromatic hydroxyl groups is 1. The Bertz CT molecular complexity index is 1200. The highest BCUT2D eigenvalue weighted by Crippen LogP contribution is 2.55. The summed E-state index contributed by atoms with van der Waals surface area (Å²) in [5, 5.41) is 21.3. The summed E-state index contributed by atoms with van der Waals surface area (Å²) in [4.78, 5) is 17.2. The van der Waals surface area contributed by atoms with Gasteiger partial charge in [-0.15, -0.1) is 0 Å². The average Bonchev–Trinajstić information content (AvgIpc) is 3.53. The molecular weight excluding hydrogens is 566 g/mol. The Balaban J connectivity index is 1.71. The first-order valence-corrected chi connectivity index (χ1v) is 17.3. The standard InChI is InChI=1S/C37H57N3O5/c1-4-25(16-18-41)10-13-29(42)14-11-26-20-32(36(43)34(21-26)45-30-7-5-6-8-30)35-31-19-24(2)9-12-27(31)22-28(33(35)23-44-3)15-17-40-37(38)39/h10,13,20-22,24-25,28,30-31,33,35,41,43H,4-9,11-12,14-19,23H2,1-3H3,(H4,38,39,40)/t24-,25-,28-,31+,33+,35+/m1/s1. The highest BCUT2D eigenvalue weighted by molar-refractivity contribution is 5.89. The lowest BCUT2D eigenvalue weighted by atomic mass is 9.59. The van der Waals surface area contributed by atoms with Gasteiger partial charge in [-0.2, -0.15) is 0 Å². The number of guanidine groups is 1. The van der Waals surface area contributed by atoms with Gasteiger partial charge in [-0.1, -0.05) is 37.6 Å². The van der Waals surface area contributed by atoms with Gasteiger partial charge < -0.3 is 31.2 Å². The van der Waals surface area contributed by atoms with Crippen molar-refractivity contribution < 1.29 is 24.5 Å². The van der Waals surface area contributed by atoms with Gasteiger partial charge in [0.25, 0.3) is 0 Å². The molecule has 4 rings (SSSR count). The Morgan fingerprint density at radius 3 is 2.67 bits per heavy atom. The van der Waals surface area contributed by atoms with Gasteiger partial charge >= 0.3 is 0 Å². The van der Waals surface area contributed by atoms with Crippen LogP contribution in [0.5, 0.6) is 11.5 Å². The number of phenolic OH excluding ortho intramolecular Hbond substituents is 1. The van der Waals surface area contributed by atoms with E-state index < -0.39 is 0 Å². The third-order valence-corrected chi connectivity index (χ3v) is 10.4. The molecule has 3 aliphatic rings. The number of hydrogen-bond acceptors (Lipinski definition) is 6. The minimum Gasteiger partial charge on any atom is -0.504 e. The second kappa shape index (κ2) is 17.2. The van der Waals surface area contributed by atoms with E-state index in [4.69, 9.17) is 20.9 Å². The molecule has 0 amide bonds. The van der Waals surface area contributed by atoms with E-state index >= 15 is 0 Å². The number of carbonyl (C=O) groups is 1. The molecule has 0 saturated heterocycles. The van der Waals surface area contributed by atoms with Gasteiger partial charge in [-0.3, -0.25) is 9.79 Å². The van der Waals surface area contributed by atoms with E-state index in [0.29, 0.717) is 50.0 Å². The minimum atomic E-state index is 0.0437. The Morgan fingerprint density at radius 1 is 1.20 bits per heavy atom. The Morgan fingerprint density at radius 2 is 1.98 bits per heavy atom. The number of phenols is 1. The zero-order valence-corrected chi connectivity index (χ0v) is 27.8. The number of fused-ring (bicyclic) bond motifs is 1. The van der Waals surface area contributed by atoms with Gasteiger partial charge in [0, 0.05) is 32.2 Å². The summed E-state index contributed by atoms with van der Waals surface area (Å²) >= 11 is 0. The molecule has 0 spiro atoms. The summed E-state index contributed by atoms with van der Waals surface area (Å²) in [6.07, 6.45) is 17.0. The normalized spacial score (nSPS) is 26.0. The molecule has 0 radical (unpaired) electrons. The zero-order valence-electron chi connectivity index (χ0n) is 27.8. The Labute approximate surface area is 270 Å². The van der Waals surface area contributed by atoms with Crippen LogP contribution in [0.3, 0.4) is 0 Å². The highest BCUT2D eigenvalue weighted by Gasteiger charge is 2.44. The molecule has 2 fully saturated rings. The molecule has 6 atom stereocenters. The molecule has 8 heteroatoms. The van der Waals surface area contributed by atoms with Crippen molar-refractivity contribution in [1.29, 1.82) is 0 Å². The van der Waals surface area contributed by atoms with Crippen molar-refractivity contribution in [2.75, 3.05) is 26.9 Å². The molecule has 0 unspecified atom stereocenters. The molecule has 6 N–H and O–H groups in total. The average molecular weight is 624 g/mol. The maximum absolute atomic E-state index is 12.9. The van der Waals surface area contributed by atoms with Gasteiger partial charge in [-0.05, 0) is 124 Å². The second-order valence-corrected chi connectivity index (χ2v) is 13.7. The summed E-state index contributed by atoms with van der Waals surface area (Å²) in [6.45, 7) is 5.62. The van der Waals surface area contributed by atoms with Crippen LogP contribution in [0.25, 0.3) is 0 Å². The molecule has 8 nitrogen and oxygen atoms in total. The van der Waals surface area contributed by atoms with Crippen molar-refractivity contribution in [3.05, 3.63) is 47.1 Å². The zero-order chi connectivity index (χ0) is 32.3. The van der Waals surface area contributed by atoms with E-state index in [1.54, 1.807) is 13.2 Å². The van der Waals surface area contributed by atoms with Crippen molar-refractivity contribution in [2.45, 2.75) is 103 Å². The van der Waals surface area contributed by atoms with Crippen LogP contribution in [-0.4, -0.2) is 54.9 Å². The van der Waals surface area contributed by atoms with Crippen LogP contribution in [-0.2, 0) is 16.0 Å². The first kappa shape index (κ1) is 35.0. The van der Waals surface area contributed by atoms with Crippen molar-refractivity contribution >= 4 is 11.7 Å². The molecule has 3 aliphatic carbocycles. The van der Waals surface area contributed by atoms with Crippen LogP contribution >= 0.6 is 0 Å². The molecule has 0 heterocycles. The predicted octanol–water partition coefficient (Wildman–Crippen LogP) is 6.18. The number of nitrogens with zero attached hydrogens (tertiary/aromatic N) is 1. The van der Waals surface area contributed by atoms with Crippen LogP contribution < -0.4 is 16.2 Å². The molecule has 0 aromatic heterocycles. The number of nitrogens with two attached hydrogens (primary N) is 2. The number of aryl methyl sites for hydroxylation is 1. The monoisotopic (exact) mass is 623 g/mol. The summed E-state index contributed by atoms with van der Waals surface area (Å²) in [5.41, 5.74) is 14.7. The molecule has 45 heavy (non-hydrogen) atoms. The van der Waals surface area contributed by atoms with Crippen LogP contribution in [0.15, 0.2) is 40.9 Å². The lowest BCUT2D eigenvalue weighted by Crippen LogP contribution is -2.38. The number of aliphatic imine (C=N–C) groups is 1.